The molecule has 1 saturated heterocycles. The highest BCUT2D eigenvalue weighted by Crippen LogP contribution is 2.35. The van der Waals surface area contributed by atoms with E-state index in [-0.39, 0.29) is 17.5 Å². The molecule has 172 valence electrons. The number of methoxy groups -OCH3 is 1. The van der Waals surface area contributed by atoms with Gasteiger partial charge in [0.05, 0.1) is 30.6 Å². The average molecular weight is 450 g/mol. The minimum Gasteiger partial charge on any atom is -0.383 e. The van der Waals surface area contributed by atoms with Gasteiger partial charge in [0.15, 0.2) is 0 Å². The Morgan fingerprint density at radius 2 is 2.12 bits per heavy atom. The molecule has 10 nitrogen and oxygen atoms in total. The highest BCUT2D eigenvalue weighted by molar-refractivity contribution is 6.13. The number of hydrogen-bond acceptors (Lipinski definition) is 8. The van der Waals surface area contributed by atoms with E-state index in [2.05, 4.69) is 25.2 Å². The zero-order valence-electron chi connectivity index (χ0n) is 18.8. The number of anilines is 3. The third-order valence-electron chi connectivity index (χ3n) is 6.28. The van der Waals surface area contributed by atoms with Crippen LogP contribution in [0.5, 0.6) is 0 Å². The van der Waals surface area contributed by atoms with E-state index in [9.17, 15) is 9.59 Å². The maximum Gasteiger partial charge on any atom is 0.263 e. The normalized spacial score (nSPS) is 17.8. The van der Waals surface area contributed by atoms with E-state index in [4.69, 9.17) is 4.74 Å². The Labute approximate surface area is 191 Å². The van der Waals surface area contributed by atoms with Crippen LogP contribution in [-0.2, 0) is 11.3 Å². The number of nitrogens with zero attached hydrogens (tertiary/aromatic N) is 6. The fourth-order valence-electron chi connectivity index (χ4n) is 4.68. The van der Waals surface area contributed by atoms with E-state index < -0.39 is 0 Å². The molecule has 1 fully saturated rings. The van der Waals surface area contributed by atoms with Gasteiger partial charge in [0.2, 0.25) is 5.95 Å². The summed E-state index contributed by atoms with van der Waals surface area (Å²) < 4.78 is 6.63. The van der Waals surface area contributed by atoms with E-state index in [0.717, 1.165) is 19.4 Å². The smallest absolute Gasteiger partial charge is 0.263 e. The molecule has 3 aromatic rings. The fourth-order valence-corrected chi connectivity index (χ4v) is 4.68. The number of amides is 1. The zero-order chi connectivity index (χ0) is 22.9. The van der Waals surface area contributed by atoms with Crippen molar-refractivity contribution in [1.82, 2.24) is 19.5 Å². The topological polar surface area (TPSA) is 105 Å². The summed E-state index contributed by atoms with van der Waals surface area (Å²) in [7, 11) is 1.59. The predicted octanol–water partition coefficient (Wildman–Crippen LogP) is 1.89. The quantitative estimate of drug-likeness (QED) is 0.608. The molecule has 10 heteroatoms. The van der Waals surface area contributed by atoms with Crippen LogP contribution in [0.3, 0.4) is 0 Å². The van der Waals surface area contributed by atoms with E-state index in [1.165, 1.54) is 10.9 Å². The number of ether oxygens (including phenoxy) is 1. The zero-order valence-corrected chi connectivity index (χ0v) is 18.8. The van der Waals surface area contributed by atoms with E-state index in [0.29, 0.717) is 60.2 Å². The lowest BCUT2D eigenvalue weighted by Crippen LogP contribution is -2.40. The molecule has 2 aromatic heterocycles. The molecule has 0 radical (unpaired) electrons. The summed E-state index contributed by atoms with van der Waals surface area (Å²) in [5.74, 6) is 1.01. The molecular formula is C23H27N7O3. The second kappa shape index (κ2) is 8.78. The Bertz CT molecular complexity index is 1260. The SMILES string of the molecule is CCNc1ncc2c(n1)N1CCC[C@H]1CN(c1cccc3c(=O)n(CCOC)cnc13)C2=O. The first-order chi connectivity index (χ1) is 16.1. The number of carbonyl (C=O) groups excluding carboxylic acids is 1. The Morgan fingerprint density at radius 1 is 1.24 bits per heavy atom. The molecule has 0 saturated carbocycles. The molecule has 1 amide bonds. The van der Waals surface area contributed by atoms with Crippen LogP contribution in [0.25, 0.3) is 10.9 Å². The Balaban J connectivity index is 1.61. The number of aromatic nitrogens is 4. The number of fused-ring (bicyclic) bond motifs is 4. The summed E-state index contributed by atoms with van der Waals surface area (Å²) in [5, 5.41) is 3.61. The van der Waals surface area contributed by atoms with Gasteiger partial charge in [0, 0.05) is 39.0 Å². The molecule has 0 spiro atoms. The van der Waals surface area contributed by atoms with Crippen molar-refractivity contribution in [2.45, 2.75) is 32.4 Å². The first-order valence-corrected chi connectivity index (χ1v) is 11.3. The molecule has 33 heavy (non-hydrogen) atoms. The Morgan fingerprint density at radius 3 is 2.94 bits per heavy atom. The van der Waals surface area contributed by atoms with Gasteiger partial charge in [-0.1, -0.05) is 6.07 Å². The van der Waals surface area contributed by atoms with Gasteiger partial charge >= 0.3 is 0 Å². The molecule has 1 atom stereocenters. The number of benzene rings is 1. The largest absolute Gasteiger partial charge is 0.383 e. The minimum absolute atomic E-state index is 0.136. The number of nitrogens with one attached hydrogen (secondary N) is 1. The minimum atomic E-state index is -0.180. The lowest BCUT2D eigenvalue weighted by Gasteiger charge is -2.27. The van der Waals surface area contributed by atoms with Gasteiger partial charge in [-0.05, 0) is 31.9 Å². The summed E-state index contributed by atoms with van der Waals surface area (Å²) in [6, 6.07) is 5.54. The number of hydrogen-bond donors (Lipinski definition) is 1. The van der Waals surface area contributed by atoms with Gasteiger partial charge in [0.25, 0.3) is 11.5 Å². The van der Waals surface area contributed by atoms with Crippen molar-refractivity contribution in [2.75, 3.05) is 48.5 Å². The van der Waals surface area contributed by atoms with Crippen molar-refractivity contribution in [3.63, 3.8) is 0 Å². The monoisotopic (exact) mass is 449 g/mol. The summed E-state index contributed by atoms with van der Waals surface area (Å²) in [4.78, 5) is 44.3. The van der Waals surface area contributed by atoms with Crippen LogP contribution in [0.2, 0.25) is 0 Å². The summed E-state index contributed by atoms with van der Waals surface area (Å²) in [6.07, 6.45) is 5.13. The van der Waals surface area contributed by atoms with Crippen molar-refractivity contribution in [2.24, 2.45) is 0 Å². The maximum absolute atomic E-state index is 13.7. The van der Waals surface area contributed by atoms with E-state index >= 15 is 0 Å². The Kier molecular flexibility index (Phi) is 5.67. The van der Waals surface area contributed by atoms with E-state index in [1.807, 2.05) is 13.0 Å². The summed E-state index contributed by atoms with van der Waals surface area (Å²) in [6.45, 7) is 4.86. The first kappa shape index (κ1) is 21.3. The third kappa shape index (κ3) is 3.70. The average Bonchev–Trinajstić information content (AvgIpc) is 3.26. The van der Waals surface area contributed by atoms with Crippen LogP contribution >= 0.6 is 0 Å². The second-order valence-electron chi connectivity index (χ2n) is 8.28. The molecule has 1 aromatic carbocycles. The van der Waals surface area contributed by atoms with Crippen molar-refractivity contribution in [3.05, 3.63) is 46.6 Å². The van der Waals surface area contributed by atoms with Crippen LogP contribution in [0.4, 0.5) is 17.5 Å². The van der Waals surface area contributed by atoms with Gasteiger partial charge in [-0.15, -0.1) is 0 Å². The van der Waals surface area contributed by atoms with Crippen LogP contribution in [0.15, 0.2) is 35.5 Å². The second-order valence-corrected chi connectivity index (χ2v) is 8.28. The summed E-state index contributed by atoms with van der Waals surface area (Å²) in [5.41, 5.74) is 1.46. The predicted molar refractivity (Wildman–Crippen MR) is 126 cm³/mol. The van der Waals surface area contributed by atoms with Gasteiger partial charge < -0.3 is 19.9 Å². The van der Waals surface area contributed by atoms with Crippen molar-refractivity contribution < 1.29 is 9.53 Å². The molecule has 0 bridgehead atoms. The summed E-state index contributed by atoms with van der Waals surface area (Å²) >= 11 is 0. The van der Waals surface area contributed by atoms with Gasteiger partial charge in [0.1, 0.15) is 16.9 Å². The molecule has 0 unspecified atom stereocenters. The molecule has 2 aliphatic heterocycles. The highest BCUT2D eigenvalue weighted by atomic mass is 16.5. The molecule has 0 aliphatic carbocycles. The number of carbonyl (C=O) groups is 1. The molecule has 2 aliphatic rings. The van der Waals surface area contributed by atoms with Crippen molar-refractivity contribution in [3.8, 4) is 0 Å². The van der Waals surface area contributed by atoms with Gasteiger partial charge in [-0.2, -0.15) is 4.98 Å². The first-order valence-electron chi connectivity index (χ1n) is 11.3. The highest BCUT2D eigenvalue weighted by Gasteiger charge is 2.38. The van der Waals surface area contributed by atoms with Crippen molar-refractivity contribution >= 4 is 34.3 Å². The van der Waals surface area contributed by atoms with Gasteiger partial charge in [-0.3, -0.25) is 14.2 Å². The van der Waals surface area contributed by atoms with Crippen LogP contribution in [0.1, 0.15) is 30.1 Å². The van der Waals surface area contributed by atoms with Crippen LogP contribution in [-0.4, -0.2) is 64.8 Å². The lowest BCUT2D eigenvalue weighted by atomic mass is 10.1. The van der Waals surface area contributed by atoms with Crippen LogP contribution < -0.4 is 20.7 Å². The standard InChI is InChI=1S/C23H27N7O3/c1-3-24-23-25-12-17-20(27-23)29-9-5-6-15(29)13-30(22(17)32)18-8-4-7-16-19(18)26-14-28(21(16)31)10-11-33-2/h4,7-8,12,14-15H,3,5-6,9-11,13H2,1-2H3,(H,24,25,27)/t15-/m0/s1. The fraction of sp³-hybridized carbons (Fsp3) is 0.435. The molecule has 5 rings (SSSR count). The van der Waals surface area contributed by atoms with Crippen LogP contribution in [0, 0.1) is 0 Å². The maximum atomic E-state index is 13.7. The number of rotatable bonds is 6. The molecule has 4 heterocycles. The van der Waals surface area contributed by atoms with Gasteiger partial charge in [-0.25, -0.2) is 9.97 Å². The molecule has 1 N–H and O–H groups in total. The van der Waals surface area contributed by atoms with E-state index in [1.54, 1.807) is 30.3 Å². The third-order valence-corrected chi connectivity index (χ3v) is 6.28. The molecular weight excluding hydrogens is 422 g/mol. The Hall–Kier alpha value is -3.53. The van der Waals surface area contributed by atoms with Crippen molar-refractivity contribution in [1.29, 1.82) is 0 Å². The number of para-hydroxylation sites is 1. The lowest BCUT2D eigenvalue weighted by molar-refractivity contribution is 0.0988.